The number of nitrogens with one attached hydrogen (secondary N) is 2. The number of esters is 1. The van der Waals surface area contributed by atoms with Crippen molar-refractivity contribution in [1.82, 2.24) is 10.6 Å². The van der Waals surface area contributed by atoms with Crippen molar-refractivity contribution in [2.45, 2.75) is 26.5 Å². The number of halogens is 3. The first kappa shape index (κ1) is 25.0. The summed E-state index contributed by atoms with van der Waals surface area (Å²) >= 11 is 15.8. The Balaban J connectivity index is 1.95. The van der Waals surface area contributed by atoms with Crippen LogP contribution < -0.4 is 20.1 Å². The molecular weight excluding hydrogens is 628 g/mol. The predicted octanol–water partition coefficient (Wildman–Crippen LogP) is 5.92. The van der Waals surface area contributed by atoms with E-state index in [0.717, 1.165) is 24.5 Å². The van der Waals surface area contributed by atoms with Crippen molar-refractivity contribution in [3.63, 3.8) is 0 Å². The number of carbonyl (C=O) groups is 1. The van der Waals surface area contributed by atoms with Crippen LogP contribution in [0.1, 0.15) is 31.0 Å². The maximum atomic E-state index is 12.7. The van der Waals surface area contributed by atoms with Crippen LogP contribution in [0.2, 0.25) is 0 Å². The fourth-order valence-electron chi connectivity index (χ4n) is 3.33. The van der Waals surface area contributed by atoms with Gasteiger partial charge in [0.2, 0.25) is 0 Å². The Kier molecular flexibility index (Phi) is 8.60. The lowest BCUT2D eigenvalue weighted by Gasteiger charge is -2.30. The number of methoxy groups -OCH3 is 1. The molecule has 0 unspecified atom stereocenters. The van der Waals surface area contributed by atoms with E-state index in [1.807, 2.05) is 37.3 Å². The van der Waals surface area contributed by atoms with Gasteiger partial charge in [0, 0.05) is 15.7 Å². The zero-order valence-electron chi connectivity index (χ0n) is 17.6. The van der Waals surface area contributed by atoms with Crippen LogP contribution >= 0.6 is 60.0 Å². The average molecular weight is 649 g/mol. The molecule has 10 heteroatoms. The molecule has 0 saturated carbocycles. The molecule has 0 amide bonds. The number of benzene rings is 2. The molecule has 1 atom stereocenters. The summed E-state index contributed by atoms with van der Waals surface area (Å²) in [7, 11) is 1.61. The third kappa shape index (κ3) is 5.65. The third-order valence-corrected chi connectivity index (χ3v) is 6.59. The van der Waals surface area contributed by atoms with Crippen LogP contribution in [-0.4, -0.2) is 24.8 Å². The highest BCUT2D eigenvalue weighted by Crippen LogP contribution is 2.38. The van der Waals surface area contributed by atoms with Crippen LogP contribution in [0, 0.1) is 0 Å². The Morgan fingerprint density at radius 3 is 2.47 bits per heavy atom. The number of carbonyl (C=O) groups excluding carboxylic acids is 1. The quantitative estimate of drug-likeness (QED) is 0.286. The van der Waals surface area contributed by atoms with E-state index in [1.54, 1.807) is 14.0 Å². The number of hydrogen-bond acceptors (Lipinski definition) is 5. The minimum Gasteiger partial charge on any atom is -0.496 e. The summed E-state index contributed by atoms with van der Waals surface area (Å²) in [4.78, 5) is 12.7. The number of allylic oxidation sites excluding steroid dienone is 1. The standard InChI is InChI=1S/C22H21Br3N2O4S/c1-4-30-21(28)18-11(2)26-22(32)27-19(18)12-5-6-17(29-3)13(7-12)10-31-20-15(24)8-14(23)9-16(20)25/h5-9,19H,4,10H2,1-3H3,(H2,26,27,32)/t19-/m0/s1. The van der Waals surface area contributed by atoms with E-state index in [2.05, 4.69) is 58.4 Å². The molecule has 2 aromatic carbocycles. The fourth-order valence-corrected chi connectivity index (χ4v) is 6.09. The Morgan fingerprint density at radius 2 is 1.84 bits per heavy atom. The Bertz CT molecular complexity index is 1070. The van der Waals surface area contributed by atoms with Crippen molar-refractivity contribution in [1.29, 1.82) is 0 Å². The van der Waals surface area contributed by atoms with Crippen molar-refractivity contribution in [2.24, 2.45) is 0 Å². The van der Waals surface area contributed by atoms with Crippen LogP contribution in [0.15, 0.2) is 55.0 Å². The van der Waals surface area contributed by atoms with Gasteiger partial charge in [-0.3, -0.25) is 0 Å². The van der Waals surface area contributed by atoms with Gasteiger partial charge in [0.05, 0.1) is 34.3 Å². The molecule has 0 fully saturated rings. The SMILES string of the molecule is CCOC(=O)C1=C(C)NC(=S)N[C@H]1c1ccc(OC)c(COc2c(Br)cc(Br)cc2Br)c1. The van der Waals surface area contributed by atoms with Gasteiger partial charge >= 0.3 is 5.97 Å². The molecule has 0 radical (unpaired) electrons. The number of hydrogen-bond donors (Lipinski definition) is 2. The van der Waals surface area contributed by atoms with Gasteiger partial charge in [0.1, 0.15) is 18.1 Å². The molecule has 3 rings (SSSR count). The molecule has 1 heterocycles. The normalized spacial score (nSPS) is 15.7. The lowest BCUT2D eigenvalue weighted by atomic mass is 9.94. The molecule has 32 heavy (non-hydrogen) atoms. The van der Waals surface area contributed by atoms with Gasteiger partial charge in [-0.15, -0.1) is 0 Å². The van der Waals surface area contributed by atoms with Crippen molar-refractivity contribution in [3.8, 4) is 11.5 Å². The van der Waals surface area contributed by atoms with Gasteiger partial charge in [-0.25, -0.2) is 4.79 Å². The van der Waals surface area contributed by atoms with Crippen molar-refractivity contribution >= 4 is 71.1 Å². The van der Waals surface area contributed by atoms with Crippen LogP contribution in [-0.2, 0) is 16.1 Å². The van der Waals surface area contributed by atoms with Gasteiger partial charge in [-0.1, -0.05) is 22.0 Å². The first-order valence-corrected chi connectivity index (χ1v) is 12.4. The lowest BCUT2D eigenvalue weighted by Crippen LogP contribution is -2.45. The largest absolute Gasteiger partial charge is 0.496 e. The summed E-state index contributed by atoms with van der Waals surface area (Å²) in [5.41, 5.74) is 2.80. The smallest absolute Gasteiger partial charge is 0.338 e. The van der Waals surface area contributed by atoms with Crippen molar-refractivity contribution in [3.05, 3.63) is 66.1 Å². The molecular formula is C22H21Br3N2O4S. The molecule has 170 valence electrons. The van der Waals surface area contributed by atoms with E-state index < -0.39 is 12.0 Å². The third-order valence-electron chi connectivity index (χ3n) is 4.74. The second-order valence-corrected chi connectivity index (χ2v) is 9.88. The Morgan fingerprint density at radius 1 is 1.16 bits per heavy atom. The van der Waals surface area contributed by atoms with E-state index in [4.69, 9.17) is 26.4 Å². The monoisotopic (exact) mass is 646 g/mol. The maximum Gasteiger partial charge on any atom is 0.338 e. The van der Waals surface area contributed by atoms with Gasteiger partial charge in [-0.2, -0.15) is 0 Å². The number of ether oxygens (including phenoxy) is 3. The summed E-state index contributed by atoms with van der Waals surface area (Å²) in [5, 5.41) is 6.62. The molecule has 2 N–H and O–H groups in total. The van der Waals surface area contributed by atoms with Crippen LogP contribution in [0.3, 0.4) is 0 Å². The molecule has 6 nitrogen and oxygen atoms in total. The van der Waals surface area contributed by atoms with Crippen LogP contribution in [0.5, 0.6) is 11.5 Å². The summed E-state index contributed by atoms with van der Waals surface area (Å²) in [6.45, 7) is 4.12. The van der Waals surface area contributed by atoms with Gasteiger partial charge in [0.25, 0.3) is 0 Å². The van der Waals surface area contributed by atoms with Gasteiger partial charge in [-0.05, 0) is 87.8 Å². The topological polar surface area (TPSA) is 68.8 Å². The number of thiocarbonyl (C=S) groups is 1. The highest BCUT2D eigenvalue weighted by Gasteiger charge is 2.31. The highest BCUT2D eigenvalue weighted by atomic mass is 79.9. The summed E-state index contributed by atoms with van der Waals surface area (Å²) in [5.74, 6) is 0.951. The van der Waals surface area contributed by atoms with Crippen LogP contribution in [0.4, 0.5) is 0 Å². The summed E-state index contributed by atoms with van der Waals surface area (Å²) in [6, 6.07) is 9.05. The van der Waals surface area contributed by atoms with Gasteiger partial charge < -0.3 is 24.8 Å². The molecule has 0 aliphatic carbocycles. The second-order valence-electron chi connectivity index (χ2n) is 6.85. The van der Waals surface area contributed by atoms with E-state index in [1.165, 1.54) is 0 Å². The first-order chi connectivity index (χ1) is 15.2. The van der Waals surface area contributed by atoms with Gasteiger partial charge in [0.15, 0.2) is 5.11 Å². The van der Waals surface area contributed by atoms with E-state index in [-0.39, 0.29) is 13.2 Å². The molecule has 0 bridgehead atoms. The average Bonchev–Trinajstić information content (AvgIpc) is 2.72. The molecule has 0 spiro atoms. The molecule has 0 aromatic heterocycles. The molecule has 2 aromatic rings. The van der Waals surface area contributed by atoms with E-state index >= 15 is 0 Å². The highest BCUT2D eigenvalue weighted by molar-refractivity contribution is 9.11. The predicted molar refractivity (Wildman–Crippen MR) is 138 cm³/mol. The maximum absolute atomic E-state index is 12.7. The summed E-state index contributed by atoms with van der Waals surface area (Å²) < 4.78 is 19.4. The minimum atomic E-state index is -0.460. The zero-order chi connectivity index (χ0) is 23.4. The zero-order valence-corrected chi connectivity index (χ0v) is 23.1. The second kappa shape index (κ2) is 11.0. The van der Waals surface area contributed by atoms with Crippen molar-refractivity contribution in [2.75, 3.05) is 13.7 Å². The fraction of sp³-hybridized carbons (Fsp3) is 0.273. The molecule has 1 aliphatic rings. The first-order valence-electron chi connectivity index (χ1n) is 9.64. The molecule has 1 aliphatic heterocycles. The Labute approximate surface area is 217 Å². The van der Waals surface area contributed by atoms with E-state index in [9.17, 15) is 4.79 Å². The number of rotatable bonds is 7. The summed E-state index contributed by atoms with van der Waals surface area (Å²) in [6.07, 6.45) is 0. The van der Waals surface area contributed by atoms with E-state index in [0.29, 0.717) is 27.9 Å². The minimum absolute atomic E-state index is 0.253. The molecule has 0 saturated heterocycles. The van der Waals surface area contributed by atoms with Crippen molar-refractivity contribution < 1.29 is 19.0 Å². The Hall–Kier alpha value is -1.62. The lowest BCUT2D eigenvalue weighted by molar-refractivity contribution is -0.139. The van der Waals surface area contributed by atoms with Crippen LogP contribution in [0.25, 0.3) is 0 Å².